The van der Waals surface area contributed by atoms with Crippen LogP contribution in [0.5, 0.6) is 0 Å². The molecule has 0 bridgehead atoms. The Morgan fingerprint density at radius 1 is 1.50 bits per heavy atom. The van der Waals surface area contributed by atoms with Gasteiger partial charge in [-0.05, 0) is 30.9 Å². The van der Waals surface area contributed by atoms with Gasteiger partial charge in [-0.15, -0.1) is 11.3 Å². The van der Waals surface area contributed by atoms with Gasteiger partial charge in [0.15, 0.2) is 0 Å². The number of anilines is 1. The maximum absolute atomic E-state index is 12.2. The fourth-order valence-electron chi connectivity index (χ4n) is 2.33. The number of nitrogens with zero attached hydrogens (tertiary/aromatic N) is 2. The zero-order valence-corrected chi connectivity index (χ0v) is 12.0. The smallest absolute Gasteiger partial charge is 0.259 e. The second-order valence-corrected chi connectivity index (χ2v) is 6.00. The van der Waals surface area contributed by atoms with E-state index in [1.807, 2.05) is 0 Å². The van der Waals surface area contributed by atoms with Crippen molar-refractivity contribution >= 4 is 33.8 Å². The van der Waals surface area contributed by atoms with Crippen LogP contribution in [0.1, 0.15) is 32.8 Å². The molecule has 2 heterocycles. The predicted octanol–water partition coefficient (Wildman–Crippen LogP) is 3.41. The highest BCUT2D eigenvalue weighted by Gasteiger charge is 2.23. The summed E-state index contributed by atoms with van der Waals surface area (Å²) in [5.74, 6) is -0.334. The third-order valence-corrected chi connectivity index (χ3v) is 4.81. The number of hydrogen-bond acceptors (Lipinski definition) is 4. The van der Waals surface area contributed by atoms with Crippen LogP contribution in [-0.2, 0) is 12.8 Å². The Morgan fingerprint density at radius 2 is 2.35 bits per heavy atom. The molecule has 1 N–H and O–H groups in total. The van der Waals surface area contributed by atoms with Crippen molar-refractivity contribution in [1.82, 2.24) is 4.98 Å². The normalized spacial score (nSPS) is 12.8. The lowest BCUT2D eigenvalue weighted by Gasteiger charge is -2.05. The van der Waals surface area contributed by atoms with Gasteiger partial charge in [0.05, 0.1) is 16.1 Å². The molecule has 1 aliphatic carbocycles. The Morgan fingerprint density at radius 3 is 3.10 bits per heavy atom. The standard InChI is InChI=1S/C14H10ClN3OS/c15-11-4-5-17-7-10(11)13(19)18-14-9(6-16)8-2-1-3-12(8)20-14/h4-5,7H,1-3H2,(H,18,19). The second-order valence-electron chi connectivity index (χ2n) is 4.48. The van der Waals surface area contributed by atoms with Crippen molar-refractivity contribution in [3.8, 4) is 6.07 Å². The van der Waals surface area contributed by atoms with Crippen LogP contribution in [0, 0.1) is 11.3 Å². The molecule has 0 fully saturated rings. The number of carbonyl (C=O) groups is 1. The monoisotopic (exact) mass is 303 g/mol. The number of thiophene rings is 1. The topological polar surface area (TPSA) is 65.8 Å². The van der Waals surface area contributed by atoms with Gasteiger partial charge in [-0.2, -0.15) is 5.26 Å². The zero-order chi connectivity index (χ0) is 14.1. The summed E-state index contributed by atoms with van der Waals surface area (Å²) in [7, 11) is 0. The summed E-state index contributed by atoms with van der Waals surface area (Å²) in [6.07, 6.45) is 5.93. The van der Waals surface area contributed by atoms with Crippen LogP contribution in [0.15, 0.2) is 18.5 Å². The van der Waals surface area contributed by atoms with Gasteiger partial charge in [0.25, 0.3) is 5.91 Å². The molecule has 100 valence electrons. The summed E-state index contributed by atoms with van der Waals surface area (Å²) < 4.78 is 0. The molecule has 0 saturated carbocycles. The molecule has 1 amide bonds. The number of amides is 1. The van der Waals surface area contributed by atoms with E-state index in [0.717, 1.165) is 24.8 Å². The van der Waals surface area contributed by atoms with Gasteiger partial charge >= 0.3 is 0 Å². The highest BCUT2D eigenvalue weighted by Crippen LogP contribution is 2.38. The summed E-state index contributed by atoms with van der Waals surface area (Å²) in [6, 6.07) is 3.76. The van der Waals surface area contributed by atoms with Crippen molar-refractivity contribution in [2.24, 2.45) is 0 Å². The first-order valence-electron chi connectivity index (χ1n) is 6.16. The van der Waals surface area contributed by atoms with Crippen molar-refractivity contribution in [2.75, 3.05) is 5.32 Å². The predicted molar refractivity (Wildman–Crippen MR) is 78.3 cm³/mol. The molecular weight excluding hydrogens is 294 g/mol. The van der Waals surface area contributed by atoms with Gasteiger partial charge in [0.1, 0.15) is 11.1 Å². The fraction of sp³-hybridized carbons (Fsp3) is 0.214. The van der Waals surface area contributed by atoms with Gasteiger partial charge in [0.2, 0.25) is 0 Å². The Labute approximate surface area is 125 Å². The number of halogens is 1. The lowest BCUT2D eigenvalue weighted by molar-refractivity contribution is 0.102. The van der Waals surface area contributed by atoms with E-state index in [2.05, 4.69) is 16.4 Å². The highest BCUT2D eigenvalue weighted by atomic mass is 35.5. The van der Waals surface area contributed by atoms with E-state index in [9.17, 15) is 10.1 Å². The van der Waals surface area contributed by atoms with Crippen LogP contribution >= 0.6 is 22.9 Å². The van der Waals surface area contributed by atoms with Crippen LogP contribution in [0.25, 0.3) is 0 Å². The lowest BCUT2D eigenvalue weighted by atomic mass is 10.1. The Balaban J connectivity index is 1.91. The Hall–Kier alpha value is -1.90. The molecular formula is C14H10ClN3OS. The Kier molecular flexibility index (Phi) is 3.43. The van der Waals surface area contributed by atoms with E-state index in [0.29, 0.717) is 21.2 Å². The van der Waals surface area contributed by atoms with Gasteiger partial charge < -0.3 is 5.32 Å². The van der Waals surface area contributed by atoms with Gasteiger partial charge in [-0.25, -0.2) is 0 Å². The molecule has 1 aliphatic rings. The molecule has 0 aromatic carbocycles. The first-order valence-corrected chi connectivity index (χ1v) is 7.35. The number of nitriles is 1. The molecule has 4 nitrogen and oxygen atoms in total. The van der Waals surface area contributed by atoms with Gasteiger partial charge in [0, 0.05) is 17.3 Å². The van der Waals surface area contributed by atoms with E-state index in [4.69, 9.17) is 11.6 Å². The second kappa shape index (κ2) is 5.23. The SMILES string of the molecule is N#Cc1c(NC(=O)c2cnccc2Cl)sc2c1CCC2. The van der Waals surface area contributed by atoms with E-state index in [1.165, 1.54) is 28.6 Å². The van der Waals surface area contributed by atoms with E-state index in [1.54, 1.807) is 6.07 Å². The van der Waals surface area contributed by atoms with Crippen LogP contribution in [0.4, 0.5) is 5.00 Å². The molecule has 3 rings (SSSR count). The lowest BCUT2D eigenvalue weighted by Crippen LogP contribution is -2.12. The van der Waals surface area contributed by atoms with Gasteiger partial charge in [-0.3, -0.25) is 9.78 Å². The maximum atomic E-state index is 12.2. The van der Waals surface area contributed by atoms with Gasteiger partial charge in [-0.1, -0.05) is 11.6 Å². The third kappa shape index (κ3) is 2.17. The summed E-state index contributed by atoms with van der Waals surface area (Å²) in [4.78, 5) is 17.3. The first-order chi connectivity index (χ1) is 9.70. The molecule has 0 spiro atoms. The summed E-state index contributed by atoms with van der Waals surface area (Å²) in [6.45, 7) is 0. The summed E-state index contributed by atoms with van der Waals surface area (Å²) >= 11 is 7.46. The summed E-state index contributed by atoms with van der Waals surface area (Å²) in [5, 5.41) is 13.0. The zero-order valence-electron chi connectivity index (χ0n) is 10.4. The number of aromatic nitrogens is 1. The molecule has 0 saturated heterocycles. The molecule has 0 radical (unpaired) electrons. The van der Waals surface area contributed by atoms with Crippen LogP contribution in [-0.4, -0.2) is 10.9 Å². The fourth-order valence-corrected chi connectivity index (χ4v) is 3.75. The maximum Gasteiger partial charge on any atom is 0.259 e. The summed E-state index contributed by atoms with van der Waals surface area (Å²) in [5.41, 5.74) is 1.99. The molecule has 0 atom stereocenters. The van der Waals surface area contributed by atoms with E-state index in [-0.39, 0.29) is 5.91 Å². The molecule has 2 aromatic rings. The van der Waals surface area contributed by atoms with E-state index >= 15 is 0 Å². The molecule has 6 heteroatoms. The first kappa shape index (κ1) is 13.1. The largest absolute Gasteiger partial charge is 0.312 e. The van der Waals surface area contributed by atoms with E-state index < -0.39 is 0 Å². The average Bonchev–Trinajstić information content (AvgIpc) is 2.99. The van der Waals surface area contributed by atoms with Crippen molar-refractivity contribution in [2.45, 2.75) is 19.3 Å². The molecule has 2 aromatic heterocycles. The average molecular weight is 304 g/mol. The minimum absolute atomic E-state index is 0.312. The number of fused-ring (bicyclic) bond motifs is 1. The van der Waals surface area contributed by atoms with Crippen LogP contribution in [0.2, 0.25) is 5.02 Å². The quantitative estimate of drug-likeness (QED) is 0.924. The highest BCUT2D eigenvalue weighted by molar-refractivity contribution is 7.16. The van der Waals surface area contributed by atoms with Crippen molar-refractivity contribution in [1.29, 1.82) is 5.26 Å². The number of carbonyl (C=O) groups excluding carboxylic acids is 1. The van der Waals surface area contributed by atoms with Crippen molar-refractivity contribution < 1.29 is 4.79 Å². The Bertz CT molecular complexity index is 733. The number of nitrogens with one attached hydrogen (secondary N) is 1. The number of aryl methyl sites for hydroxylation is 1. The minimum atomic E-state index is -0.334. The van der Waals surface area contributed by atoms with Crippen molar-refractivity contribution in [3.63, 3.8) is 0 Å². The molecule has 20 heavy (non-hydrogen) atoms. The van der Waals surface area contributed by atoms with Crippen LogP contribution < -0.4 is 5.32 Å². The number of hydrogen-bond donors (Lipinski definition) is 1. The molecule has 0 unspecified atom stereocenters. The van der Waals surface area contributed by atoms with Crippen LogP contribution in [0.3, 0.4) is 0 Å². The van der Waals surface area contributed by atoms with Crippen molar-refractivity contribution in [3.05, 3.63) is 45.1 Å². The minimum Gasteiger partial charge on any atom is -0.312 e. The number of pyridine rings is 1. The number of rotatable bonds is 2. The third-order valence-electron chi connectivity index (χ3n) is 3.27. The molecule has 0 aliphatic heterocycles.